The molecule has 7 nitrogen and oxygen atoms in total. The van der Waals surface area contributed by atoms with Crippen molar-refractivity contribution in [1.29, 1.82) is 0 Å². The average Bonchev–Trinajstić information content (AvgIpc) is 2.69. The zero-order valence-electron chi connectivity index (χ0n) is 16.5. The number of halogens is 1. The number of sulfonamides is 1. The highest BCUT2D eigenvalue weighted by Gasteiger charge is 2.40. The molecule has 1 heterocycles. The minimum Gasteiger partial charge on any atom is -0.481 e. The van der Waals surface area contributed by atoms with Crippen LogP contribution in [0.3, 0.4) is 0 Å². The van der Waals surface area contributed by atoms with Crippen LogP contribution in [-0.4, -0.2) is 60.8 Å². The second kappa shape index (κ2) is 8.23. The first-order chi connectivity index (χ1) is 13.6. The smallest absolute Gasteiger partial charge is 0.307 e. The molecule has 158 valence electrons. The van der Waals surface area contributed by atoms with E-state index in [0.717, 1.165) is 23.3 Å². The molecule has 0 radical (unpaired) electrons. The first-order valence-corrected chi connectivity index (χ1v) is 11.0. The molecule has 1 aromatic carbocycles. The van der Waals surface area contributed by atoms with Gasteiger partial charge in [0.1, 0.15) is 5.82 Å². The molecular weight excluding hydrogens is 399 g/mol. The maximum absolute atomic E-state index is 13.1. The van der Waals surface area contributed by atoms with Gasteiger partial charge in [-0.1, -0.05) is 11.1 Å². The second-order valence-corrected chi connectivity index (χ2v) is 9.64. The van der Waals surface area contributed by atoms with Gasteiger partial charge in [0.2, 0.25) is 15.9 Å². The van der Waals surface area contributed by atoms with E-state index in [2.05, 4.69) is 0 Å². The van der Waals surface area contributed by atoms with Crippen LogP contribution in [0, 0.1) is 17.7 Å². The van der Waals surface area contributed by atoms with Crippen LogP contribution in [0.25, 0.3) is 0 Å². The molecule has 3 rings (SSSR count). The maximum atomic E-state index is 13.1. The molecule has 1 aliphatic carbocycles. The number of amides is 1. The summed E-state index contributed by atoms with van der Waals surface area (Å²) >= 11 is 0. The van der Waals surface area contributed by atoms with Crippen molar-refractivity contribution < 1.29 is 27.5 Å². The fraction of sp³-hybridized carbons (Fsp3) is 0.500. The zero-order valence-corrected chi connectivity index (χ0v) is 17.3. The van der Waals surface area contributed by atoms with E-state index in [9.17, 15) is 27.5 Å². The highest BCUT2D eigenvalue weighted by Crippen LogP contribution is 2.35. The van der Waals surface area contributed by atoms with Gasteiger partial charge in [-0.25, -0.2) is 12.8 Å². The number of carboxylic acids is 1. The summed E-state index contributed by atoms with van der Waals surface area (Å²) in [7, 11) is -3.77. The summed E-state index contributed by atoms with van der Waals surface area (Å²) in [6, 6.07) is 4.64. The molecule has 0 aromatic heterocycles. The molecular formula is C20H25FN2O5S. The first-order valence-electron chi connectivity index (χ1n) is 9.54. The topological polar surface area (TPSA) is 95.0 Å². The van der Waals surface area contributed by atoms with Gasteiger partial charge in [0.05, 0.1) is 16.7 Å². The fourth-order valence-electron chi connectivity index (χ4n) is 3.95. The lowest BCUT2D eigenvalue weighted by Gasteiger charge is -2.38. The van der Waals surface area contributed by atoms with E-state index in [1.54, 1.807) is 4.90 Å². The Kier molecular flexibility index (Phi) is 6.09. The van der Waals surface area contributed by atoms with Crippen LogP contribution in [0.5, 0.6) is 0 Å². The third kappa shape index (κ3) is 4.35. The maximum Gasteiger partial charge on any atom is 0.307 e. The predicted octanol–water partition coefficient (Wildman–Crippen LogP) is 2.11. The highest BCUT2D eigenvalue weighted by atomic mass is 32.2. The summed E-state index contributed by atoms with van der Waals surface area (Å²) in [5.41, 5.74) is 2.05. The van der Waals surface area contributed by atoms with E-state index in [0.29, 0.717) is 12.8 Å². The molecule has 2 unspecified atom stereocenters. The number of allylic oxidation sites excluding steroid dienone is 2. The van der Waals surface area contributed by atoms with Gasteiger partial charge in [-0.15, -0.1) is 0 Å². The second-order valence-electron chi connectivity index (χ2n) is 7.70. The molecule has 2 aliphatic rings. The van der Waals surface area contributed by atoms with Crippen LogP contribution in [0.2, 0.25) is 0 Å². The first kappa shape index (κ1) is 21.4. The molecule has 1 amide bonds. The molecule has 1 fully saturated rings. The van der Waals surface area contributed by atoms with Crippen LogP contribution >= 0.6 is 0 Å². The Morgan fingerprint density at radius 3 is 2.00 bits per heavy atom. The van der Waals surface area contributed by atoms with E-state index in [-0.39, 0.29) is 37.0 Å². The molecule has 1 N–H and O–H groups in total. The Morgan fingerprint density at radius 2 is 1.48 bits per heavy atom. The van der Waals surface area contributed by atoms with E-state index in [4.69, 9.17) is 0 Å². The lowest BCUT2D eigenvalue weighted by Crippen LogP contribution is -2.53. The Morgan fingerprint density at radius 1 is 0.966 bits per heavy atom. The van der Waals surface area contributed by atoms with Crippen molar-refractivity contribution in [3.05, 3.63) is 41.2 Å². The van der Waals surface area contributed by atoms with E-state index < -0.39 is 33.6 Å². The van der Waals surface area contributed by atoms with E-state index in [1.807, 2.05) is 13.8 Å². The summed E-state index contributed by atoms with van der Waals surface area (Å²) in [4.78, 5) is 26.2. The van der Waals surface area contributed by atoms with Crippen molar-refractivity contribution in [3.63, 3.8) is 0 Å². The molecule has 0 spiro atoms. The Balaban J connectivity index is 1.69. The third-order valence-electron chi connectivity index (χ3n) is 5.90. The largest absolute Gasteiger partial charge is 0.481 e. The normalized spacial score (nSPS) is 23.9. The van der Waals surface area contributed by atoms with Crippen molar-refractivity contribution in [2.45, 2.75) is 31.6 Å². The number of carbonyl (C=O) groups excluding carboxylic acids is 1. The molecule has 1 aromatic rings. The number of hydrogen-bond donors (Lipinski definition) is 1. The number of rotatable bonds is 4. The van der Waals surface area contributed by atoms with Crippen molar-refractivity contribution >= 4 is 21.9 Å². The minimum atomic E-state index is -3.77. The number of carbonyl (C=O) groups is 2. The monoisotopic (exact) mass is 424 g/mol. The quantitative estimate of drug-likeness (QED) is 0.747. The van der Waals surface area contributed by atoms with Gasteiger partial charge in [0.15, 0.2) is 0 Å². The van der Waals surface area contributed by atoms with Crippen molar-refractivity contribution in [2.24, 2.45) is 11.8 Å². The van der Waals surface area contributed by atoms with Gasteiger partial charge >= 0.3 is 5.97 Å². The van der Waals surface area contributed by atoms with E-state index >= 15 is 0 Å². The SMILES string of the molecule is CC1=C(C)CC(C(=O)N2CCN(S(=O)(=O)c3ccc(F)cc3)CC2)C(C(=O)O)C1. The van der Waals surface area contributed by atoms with Crippen LogP contribution in [-0.2, 0) is 19.6 Å². The van der Waals surface area contributed by atoms with Gasteiger partial charge in [0.25, 0.3) is 0 Å². The summed E-state index contributed by atoms with van der Waals surface area (Å²) in [6.07, 6.45) is 0.770. The molecule has 1 aliphatic heterocycles. The number of carboxylic acid groups (broad SMARTS) is 1. The number of hydrogen-bond acceptors (Lipinski definition) is 4. The van der Waals surface area contributed by atoms with Crippen LogP contribution < -0.4 is 0 Å². The van der Waals surface area contributed by atoms with E-state index in [1.165, 1.54) is 16.4 Å². The number of benzene rings is 1. The number of nitrogens with zero attached hydrogens (tertiary/aromatic N) is 2. The predicted molar refractivity (Wildman–Crippen MR) is 104 cm³/mol. The lowest BCUT2D eigenvalue weighted by atomic mass is 9.76. The minimum absolute atomic E-state index is 0.00753. The van der Waals surface area contributed by atoms with Gasteiger partial charge in [-0.3, -0.25) is 9.59 Å². The molecule has 9 heteroatoms. The number of piperazine rings is 1. The summed E-state index contributed by atoms with van der Waals surface area (Å²) in [5, 5.41) is 9.55. The van der Waals surface area contributed by atoms with Gasteiger partial charge in [-0.2, -0.15) is 4.31 Å². The zero-order chi connectivity index (χ0) is 21.3. The summed E-state index contributed by atoms with van der Waals surface area (Å²) in [5.74, 6) is -3.11. The van der Waals surface area contributed by atoms with Crippen molar-refractivity contribution in [1.82, 2.24) is 9.21 Å². The van der Waals surface area contributed by atoms with Crippen LogP contribution in [0.15, 0.2) is 40.3 Å². The van der Waals surface area contributed by atoms with Gasteiger partial charge in [0, 0.05) is 26.2 Å². The summed E-state index contributed by atoms with van der Waals surface area (Å²) in [6.45, 7) is 4.44. The van der Waals surface area contributed by atoms with Crippen LogP contribution in [0.4, 0.5) is 4.39 Å². The number of aliphatic carboxylic acids is 1. The van der Waals surface area contributed by atoms with Gasteiger partial charge in [-0.05, 0) is 51.0 Å². The van der Waals surface area contributed by atoms with Crippen LogP contribution in [0.1, 0.15) is 26.7 Å². The Hall–Kier alpha value is -2.26. The summed E-state index contributed by atoms with van der Waals surface area (Å²) < 4.78 is 39.8. The molecule has 0 saturated carbocycles. The fourth-order valence-corrected chi connectivity index (χ4v) is 5.37. The highest BCUT2D eigenvalue weighted by molar-refractivity contribution is 7.89. The molecule has 1 saturated heterocycles. The Labute approximate surface area is 169 Å². The molecule has 0 bridgehead atoms. The average molecular weight is 424 g/mol. The van der Waals surface area contributed by atoms with Crippen molar-refractivity contribution in [2.75, 3.05) is 26.2 Å². The van der Waals surface area contributed by atoms with Gasteiger partial charge < -0.3 is 10.0 Å². The molecule has 2 atom stereocenters. The van der Waals surface area contributed by atoms with Crippen molar-refractivity contribution in [3.8, 4) is 0 Å². The Bertz CT molecular complexity index is 934. The lowest BCUT2D eigenvalue weighted by molar-refractivity contribution is -0.151. The third-order valence-corrected chi connectivity index (χ3v) is 7.82. The molecule has 29 heavy (non-hydrogen) atoms. The standard InChI is InChI=1S/C20H25FN2O5S/c1-13-11-17(18(20(25)26)12-14(13)2)19(24)22-7-9-23(10-8-22)29(27,28)16-5-3-15(21)4-6-16/h3-6,17-18H,7-12H2,1-2H3,(H,25,26).